The number of hydrogen-bond acceptors (Lipinski definition) is 6. The first-order valence-electron chi connectivity index (χ1n) is 9.71. The lowest BCUT2D eigenvalue weighted by molar-refractivity contribution is 0.102. The van der Waals surface area contributed by atoms with Crippen molar-refractivity contribution < 1.29 is 13.2 Å². The van der Waals surface area contributed by atoms with E-state index in [4.69, 9.17) is 0 Å². The molecule has 162 valence electrons. The van der Waals surface area contributed by atoms with Gasteiger partial charge in [0.2, 0.25) is 0 Å². The monoisotopic (exact) mass is 464 g/mol. The summed E-state index contributed by atoms with van der Waals surface area (Å²) in [5.41, 5.74) is 4.11. The largest absolute Gasteiger partial charge is 0.322 e. The van der Waals surface area contributed by atoms with E-state index in [0.29, 0.717) is 11.3 Å². The van der Waals surface area contributed by atoms with Gasteiger partial charge < -0.3 is 5.32 Å². The molecule has 1 heterocycles. The fourth-order valence-corrected chi connectivity index (χ4v) is 5.06. The Morgan fingerprint density at radius 2 is 1.72 bits per heavy atom. The van der Waals surface area contributed by atoms with Crippen molar-refractivity contribution in [3.8, 4) is 11.3 Å². The van der Waals surface area contributed by atoms with Crippen molar-refractivity contribution in [2.24, 2.45) is 0 Å². The van der Waals surface area contributed by atoms with Crippen LogP contribution in [0.5, 0.6) is 0 Å². The molecule has 0 unspecified atom stereocenters. The van der Waals surface area contributed by atoms with Crippen LogP contribution in [0, 0.1) is 13.8 Å². The molecule has 4 rings (SSSR count). The molecule has 0 saturated carbocycles. The third-order valence-electron chi connectivity index (χ3n) is 4.85. The van der Waals surface area contributed by atoms with Gasteiger partial charge in [-0.25, -0.2) is 8.42 Å². The van der Waals surface area contributed by atoms with Gasteiger partial charge >= 0.3 is 0 Å². The third kappa shape index (κ3) is 4.68. The number of aryl methyl sites for hydroxylation is 2. The van der Waals surface area contributed by atoms with Gasteiger partial charge in [0.1, 0.15) is 5.69 Å². The summed E-state index contributed by atoms with van der Waals surface area (Å²) in [6.45, 7) is 3.56. The molecule has 0 aliphatic carbocycles. The number of sulfonamides is 1. The minimum Gasteiger partial charge on any atom is -0.322 e. The van der Waals surface area contributed by atoms with Crippen LogP contribution >= 0.6 is 11.5 Å². The summed E-state index contributed by atoms with van der Waals surface area (Å²) in [6, 6.07) is 18.9. The summed E-state index contributed by atoms with van der Waals surface area (Å²) < 4.78 is 32.4. The summed E-state index contributed by atoms with van der Waals surface area (Å²) >= 11 is 1.27. The molecule has 0 radical (unpaired) electrons. The van der Waals surface area contributed by atoms with Crippen LogP contribution in [0.2, 0.25) is 0 Å². The highest BCUT2D eigenvalue weighted by Gasteiger charge is 2.20. The minimum absolute atomic E-state index is 0.180. The van der Waals surface area contributed by atoms with Gasteiger partial charge in [0.05, 0.1) is 16.1 Å². The van der Waals surface area contributed by atoms with Crippen LogP contribution in [-0.2, 0) is 10.0 Å². The summed E-state index contributed by atoms with van der Waals surface area (Å²) in [5.74, 6) is -0.424. The van der Waals surface area contributed by atoms with Gasteiger partial charge in [0, 0.05) is 16.6 Å². The number of carbonyl (C=O) groups excluding carboxylic acids is 1. The van der Waals surface area contributed by atoms with E-state index in [1.54, 1.807) is 55.5 Å². The Morgan fingerprint density at radius 1 is 0.969 bits per heavy atom. The third-order valence-corrected chi connectivity index (χ3v) is 6.86. The molecule has 0 fully saturated rings. The number of amides is 1. The predicted octanol–water partition coefficient (Wildman–Crippen LogP) is 4.88. The van der Waals surface area contributed by atoms with E-state index in [9.17, 15) is 13.2 Å². The van der Waals surface area contributed by atoms with Crippen LogP contribution in [-0.4, -0.2) is 23.9 Å². The predicted molar refractivity (Wildman–Crippen MR) is 126 cm³/mol. The number of nitrogens with one attached hydrogen (secondary N) is 2. The molecule has 32 heavy (non-hydrogen) atoms. The average Bonchev–Trinajstić information content (AvgIpc) is 3.31. The van der Waals surface area contributed by atoms with Crippen LogP contribution in [0.25, 0.3) is 11.3 Å². The fourth-order valence-electron chi connectivity index (χ4n) is 3.18. The molecule has 4 aromatic rings. The van der Waals surface area contributed by atoms with E-state index in [-0.39, 0.29) is 16.1 Å². The topological polar surface area (TPSA) is 101 Å². The molecule has 0 aliphatic rings. The maximum atomic E-state index is 13.0. The van der Waals surface area contributed by atoms with Gasteiger partial charge in [0.25, 0.3) is 15.9 Å². The molecule has 0 saturated heterocycles. The van der Waals surface area contributed by atoms with Crippen molar-refractivity contribution in [3.05, 3.63) is 88.8 Å². The molecule has 7 nitrogen and oxygen atoms in total. The van der Waals surface area contributed by atoms with Gasteiger partial charge in [-0.1, -0.05) is 40.9 Å². The highest BCUT2D eigenvalue weighted by molar-refractivity contribution is 7.92. The molecule has 1 aromatic heterocycles. The lowest BCUT2D eigenvalue weighted by Crippen LogP contribution is -2.19. The fraction of sp³-hybridized carbons (Fsp3) is 0.0870. The van der Waals surface area contributed by atoms with Crippen LogP contribution in [0.15, 0.2) is 77.0 Å². The van der Waals surface area contributed by atoms with Gasteiger partial charge in [-0.3, -0.25) is 9.52 Å². The Labute approximate surface area is 190 Å². The van der Waals surface area contributed by atoms with Gasteiger partial charge in [-0.2, -0.15) is 0 Å². The van der Waals surface area contributed by atoms with E-state index in [0.717, 1.165) is 16.8 Å². The number of rotatable bonds is 6. The molecule has 0 bridgehead atoms. The van der Waals surface area contributed by atoms with Crippen molar-refractivity contribution in [1.29, 1.82) is 0 Å². The van der Waals surface area contributed by atoms with Crippen LogP contribution in [0.3, 0.4) is 0 Å². The van der Waals surface area contributed by atoms with E-state index < -0.39 is 15.9 Å². The Kier molecular flexibility index (Phi) is 6.02. The van der Waals surface area contributed by atoms with Gasteiger partial charge in [-0.15, -0.1) is 5.10 Å². The standard InChI is InChI=1S/C23H20N4O3S2/c1-15-7-8-16(2)22(13-15)32(29,30)26-20-6-4-3-5-19(20)23(28)24-18-11-9-17(10-12-18)21-14-31-27-25-21/h3-14,26H,1-2H3,(H,24,28). The normalized spacial score (nSPS) is 11.2. The lowest BCUT2D eigenvalue weighted by atomic mass is 10.1. The summed E-state index contributed by atoms with van der Waals surface area (Å²) in [7, 11) is -3.87. The number of hydrogen-bond donors (Lipinski definition) is 2. The number of benzene rings is 3. The second-order valence-corrected chi connectivity index (χ2v) is 9.50. The van der Waals surface area contributed by atoms with Crippen LogP contribution < -0.4 is 10.0 Å². The SMILES string of the molecule is Cc1ccc(C)c(S(=O)(=O)Nc2ccccc2C(=O)Nc2ccc(-c3csnn3)cc2)c1. The number of nitrogens with zero attached hydrogens (tertiary/aromatic N) is 2. The van der Waals surface area contributed by atoms with Gasteiger partial charge in [-0.05, 0) is 66.8 Å². The molecular weight excluding hydrogens is 444 g/mol. The number of para-hydroxylation sites is 1. The summed E-state index contributed by atoms with van der Waals surface area (Å²) in [6.07, 6.45) is 0. The number of carbonyl (C=O) groups is 1. The van der Waals surface area contributed by atoms with Crippen molar-refractivity contribution >= 4 is 38.8 Å². The second kappa shape index (κ2) is 8.89. The van der Waals surface area contributed by atoms with Crippen molar-refractivity contribution in [1.82, 2.24) is 9.59 Å². The number of aromatic nitrogens is 2. The zero-order chi connectivity index (χ0) is 22.7. The molecule has 0 spiro atoms. The van der Waals surface area contributed by atoms with Gasteiger partial charge in [0.15, 0.2) is 0 Å². The Morgan fingerprint density at radius 3 is 2.44 bits per heavy atom. The highest BCUT2D eigenvalue weighted by Crippen LogP contribution is 2.25. The highest BCUT2D eigenvalue weighted by atomic mass is 32.2. The Balaban J connectivity index is 1.56. The molecular formula is C23H20N4O3S2. The molecule has 0 atom stereocenters. The lowest BCUT2D eigenvalue weighted by Gasteiger charge is -2.14. The van der Waals surface area contributed by atoms with E-state index in [1.807, 2.05) is 30.5 Å². The first kappa shape index (κ1) is 21.7. The van der Waals surface area contributed by atoms with Crippen LogP contribution in [0.1, 0.15) is 21.5 Å². The molecule has 9 heteroatoms. The van der Waals surface area contributed by atoms with Crippen molar-refractivity contribution in [3.63, 3.8) is 0 Å². The zero-order valence-electron chi connectivity index (χ0n) is 17.4. The maximum Gasteiger partial charge on any atom is 0.262 e. The molecule has 1 amide bonds. The Hall–Kier alpha value is -3.56. The quantitative estimate of drug-likeness (QED) is 0.424. The molecule has 2 N–H and O–H groups in total. The smallest absolute Gasteiger partial charge is 0.262 e. The average molecular weight is 465 g/mol. The first-order chi connectivity index (χ1) is 15.3. The second-order valence-electron chi connectivity index (χ2n) is 7.24. The number of anilines is 2. The van der Waals surface area contributed by atoms with E-state index in [2.05, 4.69) is 19.6 Å². The van der Waals surface area contributed by atoms with Crippen molar-refractivity contribution in [2.45, 2.75) is 18.7 Å². The molecule has 0 aliphatic heterocycles. The van der Waals surface area contributed by atoms with Crippen molar-refractivity contribution in [2.75, 3.05) is 10.0 Å². The zero-order valence-corrected chi connectivity index (χ0v) is 19.0. The first-order valence-corrected chi connectivity index (χ1v) is 12.0. The maximum absolute atomic E-state index is 13.0. The minimum atomic E-state index is -3.87. The Bertz CT molecular complexity index is 1370. The van der Waals surface area contributed by atoms with E-state index in [1.165, 1.54) is 11.5 Å². The summed E-state index contributed by atoms with van der Waals surface area (Å²) in [5, 5.41) is 8.67. The summed E-state index contributed by atoms with van der Waals surface area (Å²) in [4.78, 5) is 13.1. The molecule has 3 aromatic carbocycles. The van der Waals surface area contributed by atoms with Crippen LogP contribution in [0.4, 0.5) is 11.4 Å². The van der Waals surface area contributed by atoms with E-state index >= 15 is 0 Å².